The Morgan fingerprint density at radius 3 is 2.79 bits per heavy atom. The summed E-state index contributed by atoms with van der Waals surface area (Å²) in [5, 5.41) is 3.45. The van der Waals surface area contributed by atoms with Gasteiger partial charge in [-0.2, -0.15) is 0 Å². The lowest BCUT2D eigenvalue weighted by Gasteiger charge is -2.24. The normalized spacial score (nSPS) is 22.2. The van der Waals surface area contributed by atoms with Crippen molar-refractivity contribution >= 4 is 16.6 Å². The van der Waals surface area contributed by atoms with Gasteiger partial charge in [0.25, 0.3) is 0 Å². The predicted molar refractivity (Wildman–Crippen MR) is 102 cm³/mol. The number of nitrogens with one attached hydrogen (secondary N) is 1. The monoisotopic (exact) mass is 395 g/mol. The van der Waals surface area contributed by atoms with Crippen molar-refractivity contribution in [3.63, 3.8) is 0 Å². The molecule has 0 amide bonds. The molecule has 5 nitrogen and oxygen atoms in total. The average Bonchev–Trinajstić information content (AvgIpc) is 3.43. The average molecular weight is 395 g/mol. The van der Waals surface area contributed by atoms with Gasteiger partial charge in [-0.3, -0.25) is 4.79 Å². The number of nitrogens with zero attached hydrogens (tertiary/aromatic N) is 2. The Balaban J connectivity index is 1.75. The van der Waals surface area contributed by atoms with E-state index >= 15 is 4.39 Å². The smallest absolute Gasteiger partial charge is 0.189 e. The van der Waals surface area contributed by atoms with E-state index in [0.717, 1.165) is 18.9 Å². The van der Waals surface area contributed by atoms with Crippen LogP contribution in [0.1, 0.15) is 12.8 Å². The van der Waals surface area contributed by atoms with Crippen LogP contribution in [0.5, 0.6) is 5.75 Å². The summed E-state index contributed by atoms with van der Waals surface area (Å²) in [5.41, 5.74) is 0.0916. The molecule has 2 heterocycles. The number of alkyl halides is 2. The first-order valence-corrected chi connectivity index (χ1v) is 9.61. The highest BCUT2D eigenvalue weighted by Crippen LogP contribution is 2.40. The molecule has 1 aromatic heterocycles. The molecule has 0 spiro atoms. The Kier molecular flexibility index (Phi) is 5.23. The van der Waals surface area contributed by atoms with Crippen LogP contribution >= 0.6 is 0 Å². The first-order valence-electron chi connectivity index (χ1n) is 9.61. The van der Waals surface area contributed by atoms with Crippen molar-refractivity contribution in [2.75, 3.05) is 38.3 Å². The highest BCUT2D eigenvalue weighted by Gasteiger charge is 2.37. The Morgan fingerprint density at radius 2 is 2.11 bits per heavy atom. The number of methoxy groups -OCH3 is 1. The number of aryl methyl sites for hydroxylation is 1. The quantitative estimate of drug-likeness (QED) is 0.783. The Hall–Kier alpha value is -2.22. The summed E-state index contributed by atoms with van der Waals surface area (Å²) in [4.78, 5) is 13.9. The fourth-order valence-corrected chi connectivity index (χ4v) is 3.98. The molecule has 1 saturated carbocycles. The van der Waals surface area contributed by atoms with Gasteiger partial charge in [0.05, 0.1) is 24.6 Å². The van der Waals surface area contributed by atoms with E-state index in [2.05, 4.69) is 5.32 Å². The number of benzene rings is 1. The van der Waals surface area contributed by atoms with E-state index in [1.54, 1.807) is 4.90 Å². The third kappa shape index (κ3) is 3.45. The molecule has 4 rings (SSSR count). The Labute approximate surface area is 161 Å². The topological polar surface area (TPSA) is 46.5 Å². The van der Waals surface area contributed by atoms with Gasteiger partial charge in [-0.05, 0) is 18.9 Å². The van der Waals surface area contributed by atoms with Crippen LogP contribution in [0.25, 0.3) is 10.9 Å². The van der Waals surface area contributed by atoms with Gasteiger partial charge in [-0.15, -0.1) is 0 Å². The molecule has 0 unspecified atom stereocenters. The van der Waals surface area contributed by atoms with E-state index < -0.39 is 18.7 Å². The maximum Gasteiger partial charge on any atom is 0.189 e. The molecular weight excluding hydrogens is 371 g/mol. The summed E-state index contributed by atoms with van der Waals surface area (Å²) in [5.74, 6) is -0.740. The maximum atomic E-state index is 15.0. The lowest BCUT2D eigenvalue weighted by atomic mass is 10.1. The molecule has 2 fully saturated rings. The highest BCUT2D eigenvalue weighted by atomic mass is 19.1. The second-order valence-corrected chi connectivity index (χ2v) is 7.56. The van der Waals surface area contributed by atoms with Gasteiger partial charge in [0, 0.05) is 43.9 Å². The highest BCUT2D eigenvalue weighted by molar-refractivity contribution is 5.91. The molecule has 1 aromatic carbocycles. The van der Waals surface area contributed by atoms with Crippen LogP contribution in [0.4, 0.5) is 18.9 Å². The Morgan fingerprint density at radius 1 is 1.32 bits per heavy atom. The first kappa shape index (κ1) is 19.1. The summed E-state index contributed by atoms with van der Waals surface area (Å²) >= 11 is 0. The second kappa shape index (κ2) is 7.66. The number of rotatable bonds is 7. The molecular formula is C20H24F3N3O2. The van der Waals surface area contributed by atoms with E-state index in [1.165, 1.54) is 23.9 Å². The van der Waals surface area contributed by atoms with Crippen molar-refractivity contribution in [3.8, 4) is 5.75 Å². The van der Waals surface area contributed by atoms with Gasteiger partial charge < -0.3 is 19.5 Å². The van der Waals surface area contributed by atoms with E-state index in [4.69, 9.17) is 4.74 Å². The van der Waals surface area contributed by atoms with Crippen molar-refractivity contribution in [2.45, 2.75) is 31.6 Å². The number of pyridine rings is 1. The molecule has 1 aliphatic heterocycles. The molecule has 1 aliphatic carbocycles. The van der Waals surface area contributed by atoms with Gasteiger partial charge in [0.1, 0.15) is 18.5 Å². The van der Waals surface area contributed by atoms with Crippen LogP contribution in [0.3, 0.4) is 0 Å². The van der Waals surface area contributed by atoms with Gasteiger partial charge in [-0.25, -0.2) is 13.2 Å². The largest absolute Gasteiger partial charge is 0.492 e. The zero-order valence-electron chi connectivity index (χ0n) is 15.8. The number of hydrogen-bond acceptors (Lipinski definition) is 4. The molecule has 0 bridgehead atoms. The fourth-order valence-electron chi connectivity index (χ4n) is 3.98. The predicted octanol–water partition coefficient (Wildman–Crippen LogP) is 2.65. The van der Waals surface area contributed by atoms with Gasteiger partial charge >= 0.3 is 0 Å². The summed E-state index contributed by atoms with van der Waals surface area (Å²) in [6.07, 6.45) is 2.62. The molecule has 2 aromatic rings. The third-order valence-corrected chi connectivity index (χ3v) is 5.59. The number of halogens is 3. The van der Waals surface area contributed by atoms with Gasteiger partial charge in [0.2, 0.25) is 0 Å². The molecule has 2 atom stereocenters. The molecule has 1 saturated heterocycles. The van der Waals surface area contributed by atoms with Crippen LogP contribution in [0.15, 0.2) is 23.1 Å². The fraction of sp³-hybridized carbons (Fsp3) is 0.550. The van der Waals surface area contributed by atoms with Crippen molar-refractivity contribution in [1.29, 1.82) is 0 Å². The van der Waals surface area contributed by atoms with E-state index in [-0.39, 0.29) is 41.3 Å². The molecule has 28 heavy (non-hydrogen) atoms. The zero-order chi connectivity index (χ0) is 19.8. The number of anilines is 1. The third-order valence-electron chi connectivity index (χ3n) is 5.59. The minimum absolute atomic E-state index is 0.0118. The molecule has 1 N–H and O–H groups in total. The molecule has 152 valence electrons. The van der Waals surface area contributed by atoms with Crippen LogP contribution in [-0.2, 0) is 6.54 Å². The lowest BCUT2D eigenvalue weighted by Crippen LogP contribution is -2.30. The van der Waals surface area contributed by atoms with Crippen LogP contribution in [0.2, 0.25) is 0 Å². The Bertz CT molecular complexity index is 929. The molecule has 2 aliphatic rings. The summed E-state index contributed by atoms with van der Waals surface area (Å²) < 4.78 is 49.6. The second-order valence-electron chi connectivity index (χ2n) is 7.56. The van der Waals surface area contributed by atoms with Gasteiger partial charge in [-0.1, -0.05) is 0 Å². The SMILES string of the molecule is COc1c(N2C[C@@H](CNC3CC3)[C@H](F)C2)c(F)cc2c(=O)ccn(CCF)c12. The number of ether oxygens (including phenoxy) is 1. The van der Waals surface area contributed by atoms with Crippen molar-refractivity contribution in [1.82, 2.24) is 9.88 Å². The minimum atomic E-state index is -1.09. The zero-order valence-corrected chi connectivity index (χ0v) is 15.8. The van der Waals surface area contributed by atoms with E-state index in [9.17, 15) is 13.6 Å². The van der Waals surface area contributed by atoms with Gasteiger partial charge in [0.15, 0.2) is 17.0 Å². The number of fused-ring (bicyclic) bond motifs is 1. The van der Waals surface area contributed by atoms with Crippen LogP contribution < -0.4 is 20.4 Å². The lowest BCUT2D eigenvalue weighted by molar-refractivity contribution is 0.276. The van der Waals surface area contributed by atoms with Crippen LogP contribution in [0, 0.1) is 11.7 Å². The van der Waals surface area contributed by atoms with Crippen molar-refractivity contribution in [2.24, 2.45) is 5.92 Å². The minimum Gasteiger partial charge on any atom is -0.492 e. The van der Waals surface area contributed by atoms with E-state index in [1.807, 2.05) is 0 Å². The van der Waals surface area contributed by atoms with Crippen molar-refractivity contribution < 1.29 is 17.9 Å². The number of aromatic nitrogens is 1. The van der Waals surface area contributed by atoms with E-state index in [0.29, 0.717) is 24.6 Å². The summed E-state index contributed by atoms with van der Waals surface area (Å²) in [6, 6.07) is 2.90. The molecule has 8 heteroatoms. The number of hydrogen-bond donors (Lipinski definition) is 1. The molecule has 0 radical (unpaired) electrons. The first-order chi connectivity index (χ1) is 13.5. The van der Waals surface area contributed by atoms with Crippen molar-refractivity contribution in [3.05, 3.63) is 34.4 Å². The summed E-state index contributed by atoms with van der Waals surface area (Å²) in [6.45, 7) is 0.319. The summed E-state index contributed by atoms with van der Waals surface area (Å²) in [7, 11) is 1.38. The van der Waals surface area contributed by atoms with Crippen LogP contribution in [-0.4, -0.2) is 50.2 Å². The standard InChI is InChI=1S/C20H24F3N3O2/c1-28-20-18-14(17(27)4-6-25(18)7-5-21)8-15(22)19(20)26-10-12(16(23)11-26)9-24-13-2-3-13/h4,6,8,12-13,16,24H,2-3,5,7,9-11H2,1H3/t12-,16-/m1/s1. The maximum absolute atomic E-state index is 15.0.